The fourth-order valence-electron chi connectivity index (χ4n) is 3.30. The molecule has 3 aromatic carbocycles. The maximum atomic E-state index is 12.1. The Morgan fingerprint density at radius 3 is 2.48 bits per heavy atom. The maximum Gasteiger partial charge on any atom is 0.263 e. The fourth-order valence-corrected chi connectivity index (χ4v) is 4.06. The molecule has 1 aliphatic rings. The monoisotopic (exact) mass is 496 g/mol. The number of methoxy groups -OCH3 is 1. The highest BCUT2D eigenvalue weighted by molar-refractivity contribution is 9.10. The summed E-state index contributed by atoms with van der Waals surface area (Å²) in [4.78, 5) is 24.2. The third kappa shape index (κ3) is 4.45. The van der Waals surface area contributed by atoms with Crippen LogP contribution in [0.15, 0.2) is 64.6 Å². The number of hydrogen-bond acceptors (Lipinski definition) is 5. The van der Waals surface area contributed by atoms with Crippen molar-refractivity contribution in [3.05, 3.63) is 75.8 Å². The van der Waals surface area contributed by atoms with E-state index in [9.17, 15) is 9.59 Å². The second-order valence-corrected chi connectivity index (χ2v) is 8.02. The van der Waals surface area contributed by atoms with E-state index >= 15 is 0 Å². The number of nitrogens with one attached hydrogen (secondary N) is 2. The zero-order valence-corrected chi connectivity index (χ0v) is 18.8. The molecule has 1 heterocycles. The largest absolute Gasteiger partial charge is 0.493 e. The van der Waals surface area contributed by atoms with Crippen LogP contribution in [0.3, 0.4) is 0 Å². The van der Waals surface area contributed by atoms with Crippen LogP contribution in [-0.2, 0) is 16.2 Å². The highest BCUT2D eigenvalue weighted by Crippen LogP contribution is 2.38. The first-order valence-corrected chi connectivity index (χ1v) is 10.5. The van der Waals surface area contributed by atoms with Crippen molar-refractivity contribution >= 4 is 61.9 Å². The summed E-state index contributed by atoms with van der Waals surface area (Å²) in [7, 11) is 1.53. The predicted octanol–water partition coefficient (Wildman–Crippen LogP) is 4.10. The Bertz CT molecular complexity index is 1230. The minimum Gasteiger partial charge on any atom is -0.493 e. The molecule has 2 N–H and O–H groups in total. The standard InChI is InChI=1S/C23H17BrN2O4S/c1-29-19-11-13(9-17-21(27)25-23(31)26-22(17)28)10-18(24)20(19)30-12-15-7-4-6-14-5-2-3-8-16(14)15/h2-11H,12H2,1H3,(H2,25,26,27,28,31). The van der Waals surface area contributed by atoms with Crippen molar-refractivity contribution in [1.29, 1.82) is 0 Å². The molecule has 1 aliphatic heterocycles. The molecule has 0 saturated carbocycles. The van der Waals surface area contributed by atoms with Gasteiger partial charge in [-0.2, -0.15) is 0 Å². The first kappa shape index (κ1) is 21.0. The molecule has 0 aromatic heterocycles. The Labute approximate surface area is 192 Å². The third-order valence-electron chi connectivity index (χ3n) is 4.76. The molecule has 1 fully saturated rings. The summed E-state index contributed by atoms with van der Waals surface area (Å²) in [6.07, 6.45) is 1.47. The molecule has 0 aliphatic carbocycles. The van der Waals surface area contributed by atoms with E-state index in [0.717, 1.165) is 16.3 Å². The minimum absolute atomic E-state index is 0.0110. The molecule has 1 saturated heterocycles. The van der Waals surface area contributed by atoms with Gasteiger partial charge in [-0.25, -0.2) is 0 Å². The van der Waals surface area contributed by atoms with Crippen LogP contribution in [0, 0.1) is 0 Å². The van der Waals surface area contributed by atoms with Gasteiger partial charge in [-0.1, -0.05) is 42.5 Å². The molecule has 156 valence electrons. The number of thiocarbonyl (C=S) groups is 1. The number of hydrogen-bond donors (Lipinski definition) is 2. The van der Waals surface area contributed by atoms with Crippen LogP contribution in [0.25, 0.3) is 16.8 Å². The van der Waals surface area contributed by atoms with Crippen molar-refractivity contribution in [2.75, 3.05) is 7.11 Å². The second kappa shape index (κ2) is 8.87. The Morgan fingerprint density at radius 1 is 1.03 bits per heavy atom. The topological polar surface area (TPSA) is 76.7 Å². The zero-order valence-electron chi connectivity index (χ0n) is 16.4. The Kier molecular flexibility index (Phi) is 6.01. The van der Waals surface area contributed by atoms with Gasteiger partial charge in [0, 0.05) is 0 Å². The molecule has 0 bridgehead atoms. The van der Waals surface area contributed by atoms with Gasteiger partial charge in [-0.05, 0) is 68.3 Å². The van der Waals surface area contributed by atoms with Gasteiger partial charge in [-0.15, -0.1) is 0 Å². The molecule has 0 radical (unpaired) electrons. The summed E-state index contributed by atoms with van der Waals surface area (Å²) in [6.45, 7) is 0.346. The molecular formula is C23H17BrN2O4S. The molecule has 6 nitrogen and oxygen atoms in total. The van der Waals surface area contributed by atoms with Gasteiger partial charge in [0.05, 0.1) is 11.6 Å². The number of benzene rings is 3. The molecule has 31 heavy (non-hydrogen) atoms. The van der Waals surface area contributed by atoms with Gasteiger partial charge in [0.15, 0.2) is 16.6 Å². The van der Waals surface area contributed by atoms with Crippen molar-refractivity contribution in [3.63, 3.8) is 0 Å². The Balaban J connectivity index is 1.62. The summed E-state index contributed by atoms with van der Waals surface area (Å²) in [5.41, 5.74) is 1.59. The highest BCUT2D eigenvalue weighted by atomic mass is 79.9. The lowest BCUT2D eigenvalue weighted by Gasteiger charge is -2.17. The number of rotatable bonds is 5. The van der Waals surface area contributed by atoms with Gasteiger partial charge in [0.25, 0.3) is 11.8 Å². The summed E-state index contributed by atoms with van der Waals surface area (Å²) in [6, 6.07) is 17.6. The number of amides is 2. The number of carbonyl (C=O) groups excluding carboxylic acids is 2. The third-order valence-corrected chi connectivity index (χ3v) is 5.55. The molecular weight excluding hydrogens is 480 g/mol. The lowest BCUT2D eigenvalue weighted by molar-refractivity contribution is -0.123. The van der Waals surface area contributed by atoms with Crippen LogP contribution < -0.4 is 20.1 Å². The van der Waals surface area contributed by atoms with E-state index in [1.54, 1.807) is 12.1 Å². The van der Waals surface area contributed by atoms with E-state index in [-0.39, 0.29) is 10.7 Å². The number of halogens is 1. The predicted molar refractivity (Wildman–Crippen MR) is 126 cm³/mol. The maximum absolute atomic E-state index is 12.1. The van der Waals surface area contributed by atoms with Crippen molar-refractivity contribution in [3.8, 4) is 11.5 Å². The van der Waals surface area contributed by atoms with Crippen molar-refractivity contribution in [1.82, 2.24) is 10.6 Å². The summed E-state index contributed by atoms with van der Waals surface area (Å²) >= 11 is 8.33. The second-order valence-electron chi connectivity index (χ2n) is 6.76. The van der Waals surface area contributed by atoms with E-state index in [1.807, 2.05) is 24.3 Å². The lowest BCUT2D eigenvalue weighted by Crippen LogP contribution is -2.51. The van der Waals surface area contributed by atoms with E-state index < -0.39 is 11.8 Å². The molecule has 3 aromatic rings. The van der Waals surface area contributed by atoms with Gasteiger partial charge >= 0.3 is 0 Å². The first-order valence-electron chi connectivity index (χ1n) is 9.31. The van der Waals surface area contributed by atoms with Crippen LogP contribution in [0.1, 0.15) is 11.1 Å². The van der Waals surface area contributed by atoms with E-state index in [2.05, 4.69) is 44.8 Å². The average Bonchev–Trinajstić information content (AvgIpc) is 2.75. The smallest absolute Gasteiger partial charge is 0.263 e. The van der Waals surface area contributed by atoms with Crippen LogP contribution in [-0.4, -0.2) is 24.0 Å². The average molecular weight is 497 g/mol. The van der Waals surface area contributed by atoms with Crippen LogP contribution in [0.4, 0.5) is 0 Å². The van der Waals surface area contributed by atoms with Crippen molar-refractivity contribution in [2.24, 2.45) is 0 Å². The summed E-state index contributed by atoms with van der Waals surface area (Å²) in [5, 5.41) is 7.07. The summed E-state index contributed by atoms with van der Waals surface area (Å²) in [5.74, 6) is -0.120. The molecule has 2 amide bonds. The number of fused-ring (bicyclic) bond motifs is 1. The van der Waals surface area contributed by atoms with E-state index in [0.29, 0.717) is 28.1 Å². The zero-order chi connectivity index (χ0) is 22.0. The van der Waals surface area contributed by atoms with E-state index in [1.165, 1.54) is 13.2 Å². The van der Waals surface area contributed by atoms with Gasteiger partial charge < -0.3 is 9.47 Å². The minimum atomic E-state index is -0.555. The van der Waals surface area contributed by atoms with Crippen LogP contribution in [0.2, 0.25) is 0 Å². The van der Waals surface area contributed by atoms with Crippen molar-refractivity contribution < 1.29 is 19.1 Å². The van der Waals surface area contributed by atoms with E-state index in [4.69, 9.17) is 21.7 Å². The molecule has 0 unspecified atom stereocenters. The van der Waals surface area contributed by atoms with Crippen molar-refractivity contribution in [2.45, 2.75) is 6.61 Å². The normalized spacial score (nSPS) is 13.6. The lowest BCUT2D eigenvalue weighted by atomic mass is 10.1. The van der Waals surface area contributed by atoms with Crippen LogP contribution in [0.5, 0.6) is 11.5 Å². The molecule has 8 heteroatoms. The Morgan fingerprint density at radius 2 is 1.74 bits per heavy atom. The SMILES string of the molecule is COc1cc(C=C2C(=O)NC(=S)NC2=O)cc(Br)c1OCc1cccc2ccccc12. The molecule has 0 spiro atoms. The Hall–Kier alpha value is -3.23. The molecule has 4 rings (SSSR count). The van der Waals surface area contributed by atoms with Gasteiger partial charge in [0.2, 0.25) is 0 Å². The van der Waals surface area contributed by atoms with Gasteiger partial charge in [-0.3, -0.25) is 20.2 Å². The fraction of sp³-hybridized carbons (Fsp3) is 0.0870. The summed E-state index contributed by atoms with van der Waals surface area (Å²) < 4.78 is 12.2. The molecule has 0 atom stereocenters. The number of carbonyl (C=O) groups is 2. The quantitative estimate of drug-likeness (QED) is 0.316. The number of ether oxygens (including phenoxy) is 2. The van der Waals surface area contributed by atoms with Gasteiger partial charge in [0.1, 0.15) is 12.2 Å². The first-order chi connectivity index (χ1) is 15.0. The highest BCUT2D eigenvalue weighted by Gasteiger charge is 2.26. The van der Waals surface area contributed by atoms with Crippen LogP contribution >= 0.6 is 28.1 Å².